The van der Waals surface area contributed by atoms with Gasteiger partial charge in [0.2, 0.25) is 0 Å². The minimum Gasteiger partial charge on any atom is -0.382 e. The summed E-state index contributed by atoms with van der Waals surface area (Å²) in [6, 6.07) is 14.4. The Morgan fingerprint density at radius 1 is 1.10 bits per heavy atom. The van der Waals surface area contributed by atoms with Gasteiger partial charge in [-0.05, 0) is 44.0 Å². The Hall–Kier alpha value is -3.93. The minimum atomic E-state index is 0.345. The molecule has 0 saturated carbocycles. The van der Waals surface area contributed by atoms with Crippen molar-refractivity contribution in [3.8, 4) is 0 Å². The van der Waals surface area contributed by atoms with E-state index in [4.69, 9.17) is 10.7 Å². The van der Waals surface area contributed by atoms with Crippen LogP contribution in [-0.4, -0.2) is 21.2 Å². The van der Waals surface area contributed by atoms with Crippen LogP contribution in [0, 0.1) is 20.8 Å². The van der Waals surface area contributed by atoms with Crippen LogP contribution < -0.4 is 10.6 Å². The van der Waals surface area contributed by atoms with Crippen LogP contribution in [0.25, 0.3) is 5.70 Å². The third-order valence-corrected chi connectivity index (χ3v) is 5.56. The molecule has 0 spiro atoms. The maximum absolute atomic E-state index is 6.04. The molecular weight excluding hydrogens is 384 g/mol. The van der Waals surface area contributed by atoms with E-state index >= 15 is 0 Å². The second kappa shape index (κ2) is 8.07. The number of aryl methyl sites for hydroxylation is 2. The van der Waals surface area contributed by atoms with Crippen molar-refractivity contribution >= 4 is 28.7 Å². The van der Waals surface area contributed by atoms with Gasteiger partial charge in [0.25, 0.3) is 0 Å². The van der Waals surface area contributed by atoms with Gasteiger partial charge in [0.15, 0.2) is 5.84 Å². The number of rotatable bonds is 5. The summed E-state index contributed by atoms with van der Waals surface area (Å²) in [6.45, 7) is 14.7. The smallest absolute Gasteiger partial charge is 0.151 e. The predicted molar refractivity (Wildman–Crippen MR) is 129 cm³/mol. The molecule has 6 nitrogen and oxygen atoms in total. The lowest BCUT2D eigenvalue weighted by Gasteiger charge is -2.34. The van der Waals surface area contributed by atoms with Gasteiger partial charge in [0.1, 0.15) is 11.5 Å². The molecule has 3 aromatic rings. The monoisotopic (exact) mass is 410 g/mol. The largest absolute Gasteiger partial charge is 0.382 e. The molecule has 0 saturated heterocycles. The zero-order valence-electron chi connectivity index (χ0n) is 18.1. The van der Waals surface area contributed by atoms with E-state index < -0.39 is 0 Å². The van der Waals surface area contributed by atoms with Crippen LogP contribution in [0.2, 0.25) is 0 Å². The number of anilines is 1. The Balaban J connectivity index is 1.84. The van der Waals surface area contributed by atoms with E-state index in [1.54, 1.807) is 6.33 Å². The van der Waals surface area contributed by atoms with Gasteiger partial charge in [-0.3, -0.25) is 4.90 Å². The first-order chi connectivity index (χ1) is 14.9. The van der Waals surface area contributed by atoms with Crippen molar-refractivity contribution < 1.29 is 0 Å². The highest BCUT2D eigenvalue weighted by Gasteiger charge is 2.27. The molecule has 1 aliphatic rings. The van der Waals surface area contributed by atoms with E-state index in [2.05, 4.69) is 60.1 Å². The molecule has 0 amide bonds. The van der Waals surface area contributed by atoms with Gasteiger partial charge in [-0.15, -0.1) is 0 Å². The summed E-state index contributed by atoms with van der Waals surface area (Å²) in [7, 11) is 0. The third kappa shape index (κ3) is 3.57. The predicted octanol–water partition coefficient (Wildman–Crippen LogP) is 4.88. The van der Waals surface area contributed by atoms with Crippen molar-refractivity contribution in [3.05, 3.63) is 96.2 Å². The van der Waals surface area contributed by atoms with E-state index in [1.165, 1.54) is 6.20 Å². The summed E-state index contributed by atoms with van der Waals surface area (Å²) in [5.41, 5.74) is 13.9. The number of imidazole rings is 1. The fraction of sp³-hybridized carbons (Fsp3) is 0.160. The number of nitrogens with two attached hydrogens (primary N) is 1. The Kier molecular flexibility index (Phi) is 5.29. The lowest BCUT2D eigenvalue weighted by Crippen LogP contribution is -2.35. The van der Waals surface area contributed by atoms with Crippen LogP contribution in [0.3, 0.4) is 0 Å². The van der Waals surface area contributed by atoms with Crippen LogP contribution in [0.1, 0.15) is 28.1 Å². The normalized spacial score (nSPS) is 13.8. The standard InChI is InChI=1S/C25H26N6/c1-6-27-25(26)24-19(5)30(15-28-24)14-22-29-20-12-9-11-17(3)23(20)18(4)31(22)21-13-8-7-10-16(21)2/h6-13,15H,1,4,14H2,2-3,5H3,(H2,26,27). The van der Waals surface area contributed by atoms with Crippen molar-refractivity contribution in [1.29, 1.82) is 0 Å². The van der Waals surface area contributed by atoms with Gasteiger partial charge in [-0.1, -0.05) is 43.5 Å². The molecule has 1 aliphatic heterocycles. The van der Waals surface area contributed by atoms with Crippen LogP contribution >= 0.6 is 0 Å². The van der Waals surface area contributed by atoms with E-state index in [1.807, 2.05) is 35.8 Å². The van der Waals surface area contributed by atoms with Gasteiger partial charge in [-0.25, -0.2) is 15.0 Å². The molecule has 4 rings (SSSR count). The van der Waals surface area contributed by atoms with E-state index in [0.29, 0.717) is 18.1 Å². The van der Waals surface area contributed by atoms with E-state index in [9.17, 15) is 0 Å². The van der Waals surface area contributed by atoms with Gasteiger partial charge in [0, 0.05) is 23.2 Å². The summed E-state index contributed by atoms with van der Waals surface area (Å²) in [5, 5.41) is 0. The highest BCUT2D eigenvalue weighted by atomic mass is 15.3. The second-order valence-corrected chi connectivity index (χ2v) is 7.57. The number of benzene rings is 2. The molecule has 0 radical (unpaired) electrons. The molecule has 0 atom stereocenters. The Morgan fingerprint density at radius 2 is 1.84 bits per heavy atom. The van der Waals surface area contributed by atoms with Crippen LogP contribution in [0.4, 0.5) is 11.4 Å². The lowest BCUT2D eigenvalue weighted by atomic mass is 10.00. The molecule has 6 heteroatoms. The average Bonchev–Trinajstić information content (AvgIpc) is 3.09. The molecule has 156 valence electrons. The van der Waals surface area contributed by atoms with Crippen molar-refractivity contribution in [2.45, 2.75) is 27.3 Å². The zero-order chi connectivity index (χ0) is 22.1. The molecule has 2 N–H and O–H groups in total. The first kappa shape index (κ1) is 20.3. The SMILES string of the molecule is C=CN=C(N)c1ncn(CC2=Nc3cccc(C)c3C(=C)N2c2ccccc2C)c1C. The number of aromatic nitrogens is 2. The minimum absolute atomic E-state index is 0.345. The molecular formula is C25H26N6. The van der Waals surface area contributed by atoms with Crippen molar-refractivity contribution in [1.82, 2.24) is 9.55 Å². The van der Waals surface area contributed by atoms with Crippen LogP contribution in [0.5, 0.6) is 0 Å². The van der Waals surface area contributed by atoms with Gasteiger partial charge in [0.05, 0.1) is 24.2 Å². The molecule has 0 aliphatic carbocycles. The lowest BCUT2D eigenvalue weighted by molar-refractivity contribution is 0.808. The van der Waals surface area contributed by atoms with Crippen LogP contribution in [0.15, 0.2) is 78.1 Å². The zero-order valence-corrected chi connectivity index (χ0v) is 18.1. The summed E-state index contributed by atoms with van der Waals surface area (Å²) < 4.78 is 2.03. The fourth-order valence-electron chi connectivity index (χ4n) is 3.95. The maximum atomic E-state index is 6.04. The van der Waals surface area contributed by atoms with E-state index in [-0.39, 0.29) is 0 Å². The quantitative estimate of drug-likeness (QED) is 0.481. The summed E-state index contributed by atoms with van der Waals surface area (Å²) in [6.07, 6.45) is 3.19. The van der Waals surface area contributed by atoms with Crippen LogP contribution in [-0.2, 0) is 6.54 Å². The first-order valence-corrected chi connectivity index (χ1v) is 10.1. The molecule has 0 fully saturated rings. The maximum Gasteiger partial charge on any atom is 0.151 e. The molecule has 31 heavy (non-hydrogen) atoms. The number of hydrogen-bond donors (Lipinski definition) is 1. The molecule has 0 bridgehead atoms. The molecule has 2 aromatic carbocycles. The number of para-hydroxylation sites is 1. The van der Waals surface area contributed by atoms with Gasteiger partial charge < -0.3 is 10.3 Å². The summed E-state index contributed by atoms with van der Waals surface area (Å²) in [4.78, 5) is 15.7. The van der Waals surface area contributed by atoms with Gasteiger partial charge >= 0.3 is 0 Å². The molecule has 1 aromatic heterocycles. The summed E-state index contributed by atoms with van der Waals surface area (Å²) in [5.74, 6) is 1.21. The first-order valence-electron chi connectivity index (χ1n) is 10.1. The molecule has 0 unspecified atom stereocenters. The Morgan fingerprint density at radius 3 is 2.58 bits per heavy atom. The third-order valence-electron chi connectivity index (χ3n) is 5.56. The number of nitrogens with zero attached hydrogens (tertiary/aromatic N) is 5. The summed E-state index contributed by atoms with van der Waals surface area (Å²) >= 11 is 0. The Labute approximate surface area is 182 Å². The van der Waals surface area contributed by atoms with Crippen molar-refractivity contribution in [2.24, 2.45) is 15.7 Å². The van der Waals surface area contributed by atoms with Crippen molar-refractivity contribution in [2.75, 3.05) is 4.90 Å². The average molecular weight is 411 g/mol. The number of amidine groups is 2. The molecule has 2 heterocycles. The fourth-order valence-corrected chi connectivity index (χ4v) is 3.95. The number of hydrogen-bond acceptors (Lipinski definition) is 4. The highest BCUT2D eigenvalue weighted by Crippen LogP contribution is 2.39. The second-order valence-electron chi connectivity index (χ2n) is 7.57. The van der Waals surface area contributed by atoms with Crippen molar-refractivity contribution in [3.63, 3.8) is 0 Å². The topological polar surface area (TPSA) is 71.8 Å². The van der Waals surface area contributed by atoms with E-state index in [0.717, 1.165) is 45.3 Å². The Bertz CT molecular complexity index is 1240. The highest BCUT2D eigenvalue weighted by molar-refractivity contribution is 6.13. The number of aliphatic imine (C=N–C) groups is 2. The number of fused-ring (bicyclic) bond motifs is 1. The van der Waals surface area contributed by atoms with Gasteiger partial charge in [-0.2, -0.15) is 0 Å².